The van der Waals surface area contributed by atoms with Gasteiger partial charge in [0.25, 0.3) is 5.69 Å². The SMILES string of the molecule is C1=[N+](c2[c-]c([Si](c3[c-]c4c(cc3)c3ccccc3n4-c3ccccn3)(c3ccccc3)c3ccccc3)ccc2)c2ccc3ccccc3c2[N+]=1c1c(-c2ccccc2)cccc1-c1ccccc1.[Pt+2]. The van der Waals surface area contributed by atoms with Gasteiger partial charge in [-0.1, -0.05) is 186 Å². The van der Waals surface area contributed by atoms with Crippen LogP contribution in [0.5, 0.6) is 0 Å². The smallest absolute Gasteiger partial charge is 0.319 e. The molecule has 0 aliphatic carbocycles. The second-order valence-corrected chi connectivity index (χ2v) is 21.2. The molecule has 0 bridgehead atoms. The number of para-hydroxylation sites is 2. The topological polar surface area (TPSA) is 23.8 Å². The van der Waals surface area contributed by atoms with E-state index in [4.69, 9.17) is 4.98 Å². The van der Waals surface area contributed by atoms with Gasteiger partial charge in [-0.15, -0.1) is 11.5 Å². The maximum absolute atomic E-state index is 4.89. The Morgan fingerprint density at radius 2 is 1.01 bits per heavy atom. The number of fused-ring (bicyclic) bond motifs is 6. The monoisotopic (exact) mass is 1090 g/mol. The molecule has 1 aliphatic rings. The summed E-state index contributed by atoms with van der Waals surface area (Å²) in [6.45, 7) is 0. The summed E-state index contributed by atoms with van der Waals surface area (Å²) in [5.74, 6) is 0.859. The summed E-state index contributed by atoms with van der Waals surface area (Å²) in [7, 11) is -3.21. The molecular weight excluding hydrogens is 1050 g/mol. The largest absolute Gasteiger partial charge is 2.00 e. The van der Waals surface area contributed by atoms with Crippen molar-refractivity contribution < 1.29 is 21.1 Å². The van der Waals surface area contributed by atoms with Gasteiger partial charge in [-0.3, -0.25) is 0 Å². The molecule has 13 rings (SSSR count). The molecule has 1 aliphatic heterocycles. The number of rotatable bonds is 9. The van der Waals surface area contributed by atoms with Gasteiger partial charge in [0.05, 0.1) is 16.5 Å². The fraction of sp³-hybridized carbons (Fsp3) is 0. The van der Waals surface area contributed by atoms with Crippen LogP contribution in [0.1, 0.15) is 0 Å². The van der Waals surface area contributed by atoms with Crippen molar-refractivity contribution in [1.82, 2.24) is 18.7 Å². The van der Waals surface area contributed by atoms with Crippen molar-refractivity contribution >= 4 is 90.2 Å². The molecule has 10 aromatic carbocycles. The van der Waals surface area contributed by atoms with Crippen molar-refractivity contribution in [3.63, 3.8) is 0 Å². The third kappa shape index (κ3) is 6.98. The third-order valence-electron chi connectivity index (χ3n) is 13.7. The molecular formula is C64H42N4PtSi+2. The molecule has 0 spiro atoms. The zero-order valence-corrected chi connectivity index (χ0v) is 41.1. The number of nitrogens with zero attached hydrogens (tertiary/aromatic N) is 4. The first-order valence-corrected chi connectivity index (χ1v) is 25.4. The predicted molar refractivity (Wildman–Crippen MR) is 289 cm³/mol. The van der Waals surface area contributed by atoms with Crippen LogP contribution >= 0.6 is 0 Å². The Balaban J connectivity index is 0.00000505. The minimum absolute atomic E-state index is 0. The molecule has 0 fully saturated rings. The third-order valence-corrected chi connectivity index (χ3v) is 18.3. The Bertz CT molecular complexity index is 3880. The van der Waals surface area contributed by atoms with Crippen LogP contribution in [-0.4, -0.2) is 23.6 Å². The van der Waals surface area contributed by atoms with E-state index in [1.165, 1.54) is 15.8 Å². The van der Waals surface area contributed by atoms with E-state index in [0.717, 1.165) is 88.4 Å². The van der Waals surface area contributed by atoms with E-state index in [2.05, 4.69) is 275 Å². The average Bonchev–Trinajstić information content (AvgIpc) is 3.99. The Kier molecular flexibility index (Phi) is 11.0. The van der Waals surface area contributed by atoms with Gasteiger partial charge in [0.2, 0.25) is 5.69 Å². The zero-order chi connectivity index (χ0) is 45.7. The fourth-order valence-electron chi connectivity index (χ4n) is 10.6. The fourth-order valence-corrected chi connectivity index (χ4v) is 15.2. The Morgan fingerprint density at radius 3 is 1.69 bits per heavy atom. The van der Waals surface area contributed by atoms with Crippen molar-refractivity contribution in [3.05, 3.63) is 267 Å². The molecule has 3 heterocycles. The van der Waals surface area contributed by atoms with Gasteiger partial charge in [-0.05, 0) is 79.3 Å². The van der Waals surface area contributed by atoms with Crippen molar-refractivity contribution in [3.8, 4) is 28.1 Å². The minimum Gasteiger partial charge on any atom is -0.319 e. The van der Waals surface area contributed by atoms with Gasteiger partial charge in [-0.2, -0.15) is 40.7 Å². The number of hydrogen-bond donors (Lipinski definition) is 0. The molecule has 6 heteroatoms. The van der Waals surface area contributed by atoms with Crippen molar-refractivity contribution in [2.75, 3.05) is 0 Å². The summed E-state index contributed by atoms with van der Waals surface area (Å²) in [5.41, 5.74) is 10.7. The summed E-state index contributed by atoms with van der Waals surface area (Å²) in [6.07, 6.45) is 1.87. The first-order chi connectivity index (χ1) is 34.3. The van der Waals surface area contributed by atoms with Crippen LogP contribution in [0, 0.1) is 12.1 Å². The van der Waals surface area contributed by atoms with E-state index in [-0.39, 0.29) is 21.1 Å². The maximum Gasteiger partial charge on any atom is 2.00 e. The quantitative estimate of drug-likeness (QED) is 0.0612. The molecule has 0 N–H and O–H groups in total. The molecule has 330 valence electrons. The van der Waals surface area contributed by atoms with Gasteiger partial charge < -0.3 is 4.57 Å². The number of benzene rings is 10. The summed E-state index contributed by atoms with van der Waals surface area (Å²) in [6, 6.07) is 102. The standard InChI is InChI=1S/C64H42N4Si.Pt/c1-5-21-46(22-6-1)54-34-20-35-55(47-23-7-2-8-24-47)63(54)67-45-66(60-41-38-48-25-13-14-32-56(48)64(60)67)49-26-19-31-52(43-49)69(50-27-9-3-10-28-50,51-29-11-4-12-30-51)53-39-40-58-57-33-15-16-36-59(57)68(61(58)44-53)62-37-17-18-42-65-62;/h1-42H;/q;+2. The van der Waals surface area contributed by atoms with Crippen LogP contribution in [0.3, 0.4) is 0 Å². The molecule has 2 aromatic heterocycles. The first kappa shape index (κ1) is 43.0. The summed E-state index contributed by atoms with van der Waals surface area (Å²) >= 11 is 0. The maximum atomic E-state index is 4.89. The second kappa shape index (κ2) is 18.0. The molecule has 0 amide bonds. The molecule has 0 saturated carbocycles. The van der Waals surface area contributed by atoms with Crippen LogP contribution in [0.15, 0.2) is 255 Å². The van der Waals surface area contributed by atoms with E-state index >= 15 is 0 Å². The Hall–Kier alpha value is -8.30. The predicted octanol–water partition coefficient (Wildman–Crippen LogP) is 12.5. The van der Waals surface area contributed by atoms with Crippen molar-refractivity contribution in [1.29, 1.82) is 0 Å². The second-order valence-electron chi connectivity index (χ2n) is 17.5. The minimum atomic E-state index is -3.21. The Labute approximate surface area is 422 Å². The molecule has 0 radical (unpaired) electrons. The molecule has 0 unspecified atom stereocenters. The van der Waals surface area contributed by atoms with Gasteiger partial charge in [0.1, 0.15) is 19.6 Å². The number of hydrogen-bond acceptors (Lipinski definition) is 1. The van der Waals surface area contributed by atoms with E-state index in [1.807, 2.05) is 12.3 Å². The van der Waals surface area contributed by atoms with E-state index in [1.54, 1.807) is 0 Å². The van der Waals surface area contributed by atoms with Crippen LogP contribution in [0.4, 0.5) is 22.7 Å². The van der Waals surface area contributed by atoms with Gasteiger partial charge in [0.15, 0.2) is 0 Å². The van der Waals surface area contributed by atoms with Crippen LogP contribution in [0.25, 0.3) is 60.6 Å². The summed E-state index contributed by atoms with van der Waals surface area (Å²) in [5, 5.41) is 9.35. The molecule has 0 saturated heterocycles. The number of aromatic nitrogens is 2. The first-order valence-electron chi connectivity index (χ1n) is 23.4. The number of pyridine rings is 1. The molecule has 4 nitrogen and oxygen atoms in total. The molecule has 0 atom stereocenters. The van der Waals surface area contributed by atoms with E-state index in [0.29, 0.717) is 0 Å². The van der Waals surface area contributed by atoms with E-state index in [9.17, 15) is 0 Å². The summed E-state index contributed by atoms with van der Waals surface area (Å²) < 4.78 is 6.80. The zero-order valence-electron chi connectivity index (χ0n) is 37.9. The average molecular weight is 1090 g/mol. The van der Waals surface area contributed by atoms with Gasteiger partial charge in [0, 0.05) is 17.8 Å². The van der Waals surface area contributed by atoms with Crippen LogP contribution < -0.4 is 29.9 Å². The van der Waals surface area contributed by atoms with E-state index < -0.39 is 8.07 Å². The van der Waals surface area contributed by atoms with Crippen LogP contribution in [0.2, 0.25) is 0 Å². The normalized spacial score (nSPS) is 12.1. The molecule has 70 heavy (non-hydrogen) atoms. The Morgan fingerprint density at radius 1 is 0.429 bits per heavy atom. The van der Waals surface area contributed by atoms with Crippen molar-refractivity contribution in [2.45, 2.75) is 0 Å². The van der Waals surface area contributed by atoms with Gasteiger partial charge >= 0.3 is 32.8 Å². The molecule has 12 aromatic rings. The summed E-state index contributed by atoms with van der Waals surface area (Å²) in [4.78, 5) is 4.89. The van der Waals surface area contributed by atoms with Crippen molar-refractivity contribution in [2.24, 2.45) is 0 Å². The van der Waals surface area contributed by atoms with Crippen LogP contribution in [-0.2, 0) is 21.1 Å². The van der Waals surface area contributed by atoms with Gasteiger partial charge in [-0.25, -0.2) is 4.98 Å².